The van der Waals surface area contributed by atoms with Gasteiger partial charge in [-0.1, -0.05) is 0 Å². The quantitative estimate of drug-likeness (QED) is 0.410. The van der Waals surface area contributed by atoms with Gasteiger partial charge in [0.15, 0.2) is 5.78 Å². The molecule has 0 spiro atoms. The molecule has 0 unspecified atom stereocenters. The van der Waals surface area contributed by atoms with Gasteiger partial charge in [0.2, 0.25) is 5.78 Å². The first-order valence-electron chi connectivity index (χ1n) is 10.1. The minimum Gasteiger partial charge on any atom is -0.462 e. The number of benzene rings is 1. The van der Waals surface area contributed by atoms with Gasteiger partial charge < -0.3 is 14.0 Å². The number of nitrogens with zero attached hydrogens (tertiary/aromatic N) is 2. The molecular weight excluding hydrogens is 380 g/mol. The van der Waals surface area contributed by atoms with Gasteiger partial charge >= 0.3 is 5.97 Å². The summed E-state index contributed by atoms with van der Waals surface area (Å²) in [6, 6.07) is 12.2. The molecule has 3 aromatic rings. The molecule has 0 bridgehead atoms. The lowest BCUT2D eigenvalue weighted by Gasteiger charge is -2.21. The van der Waals surface area contributed by atoms with Crippen molar-refractivity contribution in [3.63, 3.8) is 0 Å². The number of ketones is 2. The van der Waals surface area contributed by atoms with E-state index >= 15 is 0 Å². The number of Topliss-reactive ketones (excluding diaryl/α,β-unsaturated/α-hetero) is 1. The molecule has 2 aromatic heterocycles. The Bertz CT molecular complexity index is 1090. The average Bonchev–Trinajstić information content (AvgIpc) is 3.13. The Kier molecular flexibility index (Phi) is 6.35. The number of ether oxygens (including phenoxy) is 1. The summed E-state index contributed by atoms with van der Waals surface area (Å²) in [6.07, 6.45) is 1.65. The van der Waals surface area contributed by atoms with Gasteiger partial charge in [0.05, 0.1) is 23.4 Å². The van der Waals surface area contributed by atoms with Crippen molar-refractivity contribution in [1.82, 2.24) is 4.40 Å². The predicted octanol–water partition coefficient (Wildman–Crippen LogP) is 4.40. The highest BCUT2D eigenvalue weighted by molar-refractivity contribution is 6.11. The molecule has 6 nitrogen and oxygen atoms in total. The largest absolute Gasteiger partial charge is 0.462 e. The second-order valence-electron chi connectivity index (χ2n) is 6.94. The molecule has 0 radical (unpaired) electrons. The molecule has 3 rings (SSSR count). The maximum absolute atomic E-state index is 13.2. The summed E-state index contributed by atoms with van der Waals surface area (Å²) >= 11 is 0. The Morgan fingerprint density at radius 3 is 2.17 bits per heavy atom. The number of aromatic nitrogens is 1. The van der Waals surface area contributed by atoms with Gasteiger partial charge in [-0.05, 0) is 70.2 Å². The monoisotopic (exact) mass is 406 g/mol. The van der Waals surface area contributed by atoms with Gasteiger partial charge in [0.1, 0.15) is 0 Å². The van der Waals surface area contributed by atoms with Crippen LogP contribution >= 0.6 is 0 Å². The predicted molar refractivity (Wildman–Crippen MR) is 117 cm³/mol. The average molecular weight is 406 g/mol. The Labute approximate surface area is 176 Å². The standard InChI is InChI=1S/C24H26N2O4/c1-5-25(6-2)19-10-8-17(9-11-19)23(28)22-15-20(24(29)30-7-3)21-14-18(16(4)27)12-13-26(21)22/h8-15H,5-7H2,1-4H3. The number of pyridine rings is 1. The van der Waals surface area contributed by atoms with E-state index in [4.69, 9.17) is 4.74 Å². The van der Waals surface area contributed by atoms with E-state index in [-0.39, 0.29) is 23.7 Å². The van der Waals surface area contributed by atoms with Crippen molar-refractivity contribution in [2.45, 2.75) is 27.7 Å². The molecule has 0 aliphatic heterocycles. The van der Waals surface area contributed by atoms with Crippen molar-refractivity contribution in [1.29, 1.82) is 0 Å². The zero-order valence-corrected chi connectivity index (χ0v) is 17.8. The number of carbonyl (C=O) groups excluding carboxylic acids is 3. The van der Waals surface area contributed by atoms with Crippen LogP contribution in [0.15, 0.2) is 48.7 Å². The maximum Gasteiger partial charge on any atom is 0.340 e. The molecule has 0 N–H and O–H groups in total. The van der Waals surface area contributed by atoms with Gasteiger partial charge in [-0.15, -0.1) is 0 Å². The SMILES string of the molecule is CCOC(=O)c1cc(C(=O)c2ccc(N(CC)CC)cc2)n2ccc(C(C)=O)cc12. The van der Waals surface area contributed by atoms with Crippen LogP contribution in [0.5, 0.6) is 0 Å². The van der Waals surface area contributed by atoms with E-state index in [1.807, 2.05) is 12.1 Å². The van der Waals surface area contributed by atoms with Crippen molar-refractivity contribution in [3.05, 3.63) is 71.0 Å². The zero-order valence-electron chi connectivity index (χ0n) is 17.8. The van der Waals surface area contributed by atoms with E-state index in [2.05, 4.69) is 18.7 Å². The van der Waals surface area contributed by atoms with Gasteiger partial charge in [0, 0.05) is 36.1 Å². The molecular formula is C24H26N2O4. The van der Waals surface area contributed by atoms with E-state index in [0.29, 0.717) is 22.3 Å². The fraction of sp³-hybridized carbons (Fsp3) is 0.292. The minimum absolute atomic E-state index is 0.117. The normalized spacial score (nSPS) is 10.8. The molecule has 0 saturated carbocycles. The van der Waals surface area contributed by atoms with Crippen molar-refractivity contribution >= 4 is 28.7 Å². The molecule has 1 aromatic carbocycles. The highest BCUT2D eigenvalue weighted by Gasteiger charge is 2.22. The highest BCUT2D eigenvalue weighted by atomic mass is 16.5. The van der Waals surface area contributed by atoms with Crippen LogP contribution in [0.25, 0.3) is 5.52 Å². The van der Waals surface area contributed by atoms with Crippen molar-refractivity contribution in [2.75, 3.05) is 24.6 Å². The number of carbonyl (C=O) groups is 3. The summed E-state index contributed by atoms with van der Waals surface area (Å²) in [5.74, 6) is -0.845. The van der Waals surface area contributed by atoms with Crippen molar-refractivity contribution < 1.29 is 19.1 Å². The number of esters is 1. The zero-order chi connectivity index (χ0) is 21.8. The van der Waals surface area contributed by atoms with Gasteiger partial charge in [-0.2, -0.15) is 0 Å². The fourth-order valence-corrected chi connectivity index (χ4v) is 3.52. The molecule has 0 aliphatic rings. The first-order valence-corrected chi connectivity index (χ1v) is 10.1. The topological polar surface area (TPSA) is 68.1 Å². The van der Waals surface area contributed by atoms with E-state index in [1.54, 1.807) is 41.8 Å². The van der Waals surface area contributed by atoms with E-state index in [1.165, 1.54) is 13.0 Å². The van der Waals surface area contributed by atoms with Crippen LogP contribution in [-0.2, 0) is 4.74 Å². The molecule has 0 amide bonds. The molecule has 156 valence electrons. The third-order valence-electron chi connectivity index (χ3n) is 5.16. The number of anilines is 1. The summed E-state index contributed by atoms with van der Waals surface area (Å²) in [4.78, 5) is 39.7. The molecule has 2 heterocycles. The first-order chi connectivity index (χ1) is 14.4. The number of rotatable bonds is 8. The summed E-state index contributed by atoms with van der Waals surface area (Å²) in [6.45, 7) is 9.34. The van der Waals surface area contributed by atoms with Crippen LogP contribution in [0.1, 0.15) is 64.5 Å². The molecule has 0 aliphatic carbocycles. The Morgan fingerprint density at radius 2 is 1.60 bits per heavy atom. The molecule has 30 heavy (non-hydrogen) atoms. The lowest BCUT2D eigenvalue weighted by molar-refractivity contribution is 0.0528. The van der Waals surface area contributed by atoms with Gasteiger partial charge in [-0.25, -0.2) is 4.79 Å². The second-order valence-corrected chi connectivity index (χ2v) is 6.94. The lowest BCUT2D eigenvalue weighted by atomic mass is 10.1. The molecule has 0 atom stereocenters. The third-order valence-corrected chi connectivity index (χ3v) is 5.16. The van der Waals surface area contributed by atoms with Crippen molar-refractivity contribution in [2.24, 2.45) is 0 Å². The Balaban J connectivity index is 2.07. The number of hydrogen-bond donors (Lipinski definition) is 0. The van der Waals surface area contributed by atoms with E-state index in [9.17, 15) is 14.4 Å². The molecule has 0 fully saturated rings. The van der Waals surface area contributed by atoms with Crippen LogP contribution in [0, 0.1) is 0 Å². The van der Waals surface area contributed by atoms with E-state index < -0.39 is 5.97 Å². The van der Waals surface area contributed by atoms with Gasteiger partial charge in [0.25, 0.3) is 0 Å². The summed E-state index contributed by atoms with van der Waals surface area (Å²) in [5.41, 5.74) is 3.13. The second kappa shape index (κ2) is 8.95. The molecule has 0 saturated heterocycles. The highest BCUT2D eigenvalue weighted by Crippen LogP contribution is 2.24. The van der Waals surface area contributed by atoms with Crippen LogP contribution < -0.4 is 4.90 Å². The lowest BCUT2D eigenvalue weighted by Crippen LogP contribution is -2.21. The smallest absolute Gasteiger partial charge is 0.340 e. The van der Waals surface area contributed by atoms with E-state index in [0.717, 1.165) is 18.8 Å². The summed E-state index contributed by atoms with van der Waals surface area (Å²) < 4.78 is 6.79. The fourth-order valence-electron chi connectivity index (χ4n) is 3.52. The maximum atomic E-state index is 13.2. The van der Waals surface area contributed by atoms with Crippen LogP contribution in [0.3, 0.4) is 0 Å². The number of hydrogen-bond acceptors (Lipinski definition) is 5. The van der Waals surface area contributed by atoms with Crippen molar-refractivity contribution in [3.8, 4) is 0 Å². The van der Waals surface area contributed by atoms with Crippen LogP contribution in [-0.4, -0.2) is 41.6 Å². The minimum atomic E-state index is -0.522. The van der Waals surface area contributed by atoms with Gasteiger partial charge in [-0.3, -0.25) is 9.59 Å². The summed E-state index contributed by atoms with van der Waals surface area (Å²) in [7, 11) is 0. The number of fused-ring (bicyclic) bond motifs is 1. The Hall–Kier alpha value is -3.41. The first kappa shape index (κ1) is 21.3. The summed E-state index contributed by atoms with van der Waals surface area (Å²) in [5, 5.41) is 0. The Morgan fingerprint density at radius 1 is 0.933 bits per heavy atom. The molecule has 6 heteroatoms. The van der Waals surface area contributed by atoms with Crippen LogP contribution in [0.2, 0.25) is 0 Å². The third kappa shape index (κ3) is 3.99. The van der Waals surface area contributed by atoms with Crippen LogP contribution in [0.4, 0.5) is 5.69 Å².